The molecule has 0 aliphatic carbocycles. The number of benzene rings is 1. The fourth-order valence-electron chi connectivity index (χ4n) is 2.13. The molecule has 0 fully saturated rings. The third kappa shape index (κ3) is 7.72. The minimum absolute atomic E-state index is 0.0359. The largest absolute Gasteiger partial charge is 0.494 e. The van der Waals surface area contributed by atoms with Crippen molar-refractivity contribution in [2.24, 2.45) is 0 Å². The van der Waals surface area contributed by atoms with E-state index >= 15 is 0 Å². The van der Waals surface area contributed by atoms with Crippen LogP contribution in [0.15, 0.2) is 18.2 Å². The van der Waals surface area contributed by atoms with Crippen LogP contribution in [0.5, 0.6) is 11.5 Å². The zero-order valence-corrected chi connectivity index (χ0v) is 14.5. The number of aliphatic hydroxyl groups is 1. The molecule has 120 valence electrons. The summed E-state index contributed by atoms with van der Waals surface area (Å²) in [4.78, 5) is 0. The lowest BCUT2D eigenvalue weighted by molar-refractivity contribution is 0.264. The lowest BCUT2D eigenvalue weighted by Gasteiger charge is -2.12. The van der Waals surface area contributed by atoms with E-state index < -0.39 is 0 Å². The van der Waals surface area contributed by atoms with E-state index in [1.54, 1.807) is 0 Å². The Balaban J connectivity index is 2.31. The van der Waals surface area contributed by atoms with Gasteiger partial charge in [-0.15, -0.1) is 0 Å². The molecule has 0 bridgehead atoms. The molecule has 0 heterocycles. The second kappa shape index (κ2) is 11.9. The first-order valence-electron chi connectivity index (χ1n) is 7.87. The highest BCUT2D eigenvalue weighted by Crippen LogP contribution is 2.24. The maximum absolute atomic E-state index is 9.39. The van der Waals surface area contributed by atoms with Gasteiger partial charge in [0.15, 0.2) is 0 Å². The predicted octanol–water partition coefficient (Wildman–Crippen LogP) is 4.69. The molecular weight excluding hydrogens is 332 g/mol. The van der Waals surface area contributed by atoms with Crippen molar-refractivity contribution in [3.63, 3.8) is 0 Å². The Morgan fingerprint density at radius 3 is 2.48 bits per heavy atom. The van der Waals surface area contributed by atoms with E-state index in [1.165, 1.54) is 32.1 Å². The highest BCUT2D eigenvalue weighted by atomic mass is 79.9. The molecule has 1 aromatic rings. The molecule has 0 aliphatic heterocycles. The zero-order valence-electron chi connectivity index (χ0n) is 12.9. The SMILES string of the molecule is CCCCCCCCOc1ccc(OCCBr)c(CO)c1. The molecule has 4 heteroatoms. The van der Waals surface area contributed by atoms with E-state index in [9.17, 15) is 5.11 Å². The lowest BCUT2D eigenvalue weighted by Crippen LogP contribution is -2.02. The molecule has 0 aliphatic rings. The van der Waals surface area contributed by atoms with Crippen molar-refractivity contribution >= 4 is 15.9 Å². The van der Waals surface area contributed by atoms with Crippen LogP contribution in [0.1, 0.15) is 51.0 Å². The molecule has 1 rings (SSSR count). The molecule has 21 heavy (non-hydrogen) atoms. The van der Waals surface area contributed by atoms with E-state index in [4.69, 9.17) is 9.47 Å². The van der Waals surface area contributed by atoms with Crippen molar-refractivity contribution in [1.29, 1.82) is 0 Å². The van der Waals surface area contributed by atoms with Gasteiger partial charge in [0.2, 0.25) is 0 Å². The van der Waals surface area contributed by atoms with Crippen molar-refractivity contribution in [2.45, 2.75) is 52.1 Å². The fourth-order valence-corrected chi connectivity index (χ4v) is 2.29. The van der Waals surface area contributed by atoms with E-state index in [2.05, 4.69) is 22.9 Å². The molecule has 0 radical (unpaired) electrons. The van der Waals surface area contributed by atoms with Gasteiger partial charge in [0.25, 0.3) is 0 Å². The Labute approximate surface area is 136 Å². The van der Waals surface area contributed by atoms with Gasteiger partial charge in [-0.25, -0.2) is 0 Å². The van der Waals surface area contributed by atoms with E-state index in [0.717, 1.165) is 35.4 Å². The molecule has 0 atom stereocenters. The minimum Gasteiger partial charge on any atom is -0.494 e. The molecule has 0 saturated heterocycles. The third-order valence-electron chi connectivity index (χ3n) is 3.30. The summed E-state index contributed by atoms with van der Waals surface area (Å²) in [6.45, 7) is 3.52. The summed E-state index contributed by atoms with van der Waals surface area (Å²) in [5.74, 6) is 1.53. The predicted molar refractivity (Wildman–Crippen MR) is 90.5 cm³/mol. The number of halogens is 1. The number of hydrogen-bond donors (Lipinski definition) is 1. The van der Waals surface area contributed by atoms with Gasteiger partial charge in [-0.3, -0.25) is 0 Å². The molecule has 0 aromatic heterocycles. The second-order valence-corrected chi connectivity index (χ2v) is 5.87. The Hall–Kier alpha value is -0.740. The number of rotatable bonds is 12. The highest BCUT2D eigenvalue weighted by molar-refractivity contribution is 9.09. The summed E-state index contributed by atoms with van der Waals surface area (Å²) >= 11 is 3.32. The maximum Gasteiger partial charge on any atom is 0.125 e. The Kier molecular flexibility index (Phi) is 10.3. The van der Waals surface area contributed by atoms with Crippen molar-refractivity contribution in [3.05, 3.63) is 23.8 Å². The van der Waals surface area contributed by atoms with Crippen LogP contribution < -0.4 is 9.47 Å². The van der Waals surface area contributed by atoms with Crippen molar-refractivity contribution in [1.82, 2.24) is 0 Å². The number of alkyl halides is 1. The molecule has 1 N–H and O–H groups in total. The maximum atomic E-state index is 9.39. The Morgan fingerprint density at radius 1 is 1.00 bits per heavy atom. The van der Waals surface area contributed by atoms with Crippen molar-refractivity contribution in [2.75, 3.05) is 18.5 Å². The van der Waals surface area contributed by atoms with Gasteiger partial charge in [0.05, 0.1) is 19.8 Å². The average molecular weight is 359 g/mol. The topological polar surface area (TPSA) is 38.7 Å². The summed E-state index contributed by atoms with van der Waals surface area (Å²) in [7, 11) is 0. The number of hydrogen-bond acceptors (Lipinski definition) is 3. The van der Waals surface area contributed by atoms with Gasteiger partial charge in [0.1, 0.15) is 11.5 Å². The summed E-state index contributed by atoms with van der Waals surface area (Å²) in [6.07, 6.45) is 7.53. The zero-order chi connectivity index (χ0) is 15.3. The standard InChI is InChI=1S/C17H27BrO3/c1-2-3-4-5-6-7-11-20-16-8-9-17(21-12-10-18)15(13-16)14-19/h8-9,13,19H,2-7,10-12,14H2,1H3. The van der Waals surface area contributed by atoms with Crippen LogP contribution in [0.25, 0.3) is 0 Å². The van der Waals surface area contributed by atoms with E-state index in [1.807, 2.05) is 18.2 Å². The molecule has 0 spiro atoms. The average Bonchev–Trinajstić information content (AvgIpc) is 2.52. The van der Waals surface area contributed by atoms with Gasteiger partial charge in [-0.1, -0.05) is 55.0 Å². The fraction of sp³-hybridized carbons (Fsp3) is 0.647. The summed E-state index contributed by atoms with van der Waals surface area (Å²) in [5, 5.41) is 10.2. The Bertz CT molecular complexity index is 382. The first kappa shape index (κ1) is 18.3. The third-order valence-corrected chi connectivity index (χ3v) is 3.63. The Morgan fingerprint density at radius 2 is 1.76 bits per heavy atom. The number of ether oxygens (including phenoxy) is 2. The molecule has 0 unspecified atom stereocenters. The summed E-state index contributed by atoms with van der Waals surface area (Å²) in [6, 6.07) is 5.63. The van der Waals surface area contributed by atoms with Crippen LogP contribution in [0, 0.1) is 0 Å². The first-order valence-corrected chi connectivity index (χ1v) is 8.99. The van der Waals surface area contributed by atoms with Gasteiger partial charge < -0.3 is 14.6 Å². The van der Waals surface area contributed by atoms with Crippen molar-refractivity contribution < 1.29 is 14.6 Å². The molecular formula is C17H27BrO3. The normalized spacial score (nSPS) is 10.6. The van der Waals surface area contributed by atoms with Gasteiger partial charge in [-0.05, 0) is 24.6 Å². The smallest absolute Gasteiger partial charge is 0.125 e. The van der Waals surface area contributed by atoms with Crippen LogP contribution in [0.2, 0.25) is 0 Å². The van der Waals surface area contributed by atoms with Crippen molar-refractivity contribution in [3.8, 4) is 11.5 Å². The van der Waals surface area contributed by atoms with Gasteiger partial charge >= 0.3 is 0 Å². The van der Waals surface area contributed by atoms with Crippen LogP contribution in [0.3, 0.4) is 0 Å². The number of aliphatic hydroxyl groups excluding tert-OH is 1. The van der Waals surface area contributed by atoms with Crippen LogP contribution >= 0.6 is 15.9 Å². The lowest BCUT2D eigenvalue weighted by atomic mass is 10.1. The monoisotopic (exact) mass is 358 g/mol. The van der Waals surface area contributed by atoms with E-state index in [0.29, 0.717) is 6.61 Å². The first-order chi connectivity index (χ1) is 10.3. The van der Waals surface area contributed by atoms with E-state index in [-0.39, 0.29) is 6.61 Å². The highest BCUT2D eigenvalue weighted by Gasteiger charge is 2.05. The van der Waals surface area contributed by atoms with Crippen LogP contribution in [-0.2, 0) is 6.61 Å². The van der Waals surface area contributed by atoms with Gasteiger partial charge in [-0.2, -0.15) is 0 Å². The molecule has 1 aromatic carbocycles. The summed E-state index contributed by atoms with van der Waals surface area (Å²) < 4.78 is 11.3. The quantitative estimate of drug-likeness (QED) is 0.435. The van der Waals surface area contributed by atoms with Crippen LogP contribution in [-0.4, -0.2) is 23.7 Å². The minimum atomic E-state index is -0.0359. The second-order valence-electron chi connectivity index (χ2n) is 5.08. The number of unbranched alkanes of at least 4 members (excludes halogenated alkanes) is 5. The van der Waals surface area contributed by atoms with Gasteiger partial charge in [0, 0.05) is 10.9 Å². The van der Waals surface area contributed by atoms with Crippen LogP contribution in [0.4, 0.5) is 0 Å². The molecule has 0 amide bonds. The molecule has 0 saturated carbocycles. The molecule has 3 nitrogen and oxygen atoms in total. The summed E-state index contributed by atoms with van der Waals surface area (Å²) in [5.41, 5.74) is 0.774.